The van der Waals surface area contributed by atoms with Crippen LogP contribution in [0.5, 0.6) is 5.75 Å². The number of Topliss-reactive ketones (excluding diaryl/α,β-unsaturated/α-hetero) is 1. The minimum absolute atomic E-state index is 0.0718. The maximum absolute atomic E-state index is 13.0. The highest BCUT2D eigenvalue weighted by Gasteiger charge is 2.46. The molecule has 1 aliphatic rings. The van der Waals surface area contributed by atoms with Crippen LogP contribution in [0.25, 0.3) is 5.76 Å². The number of aryl methyl sites for hydroxylation is 1. The summed E-state index contributed by atoms with van der Waals surface area (Å²) in [6.45, 7) is 2.76. The molecule has 0 radical (unpaired) electrons. The molecule has 1 atom stereocenters. The molecule has 3 rings (SSSR count). The average molecular weight is 395 g/mol. The van der Waals surface area contributed by atoms with Crippen LogP contribution >= 0.6 is 0 Å². The van der Waals surface area contributed by atoms with Gasteiger partial charge in [0.2, 0.25) is 0 Å². The molecule has 6 nitrogen and oxygen atoms in total. The van der Waals surface area contributed by atoms with Crippen LogP contribution in [0.2, 0.25) is 0 Å². The van der Waals surface area contributed by atoms with E-state index >= 15 is 0 Å². The Kier molecular flexibility index (Phi) is 6.34. The Labute approximate surface area is 170 Å². The van der Waals surface area contributed by atoms with E-state index in [1.165, 1.54) is 12.0 Å². The summed E-state index contributed by atoms with van der Waals surface area (Å²) >= 11 is 0. The Bertz CT molecular complexity index is 950. The number of nitrogens with zero attached hydrogens (tertiary/aromatic N) is 1. The highest BCUT2D eigenvalue weighted by atomic mass is 16.5. The van der Waals surface area contributed by atoms with E-state index in [4.69, 9.17) is 9.47 Å². The number of likely N-dealkylation sites (tertiary alicyclic amines) is 1. The number of methoxy groups -OCH3 is 2. The number of hydrogen-bond acceptors (Lipinski definition) is 5. The molecule has 0 aliphatic carbocycles. The lowest BCUT2D eigenvalue weighted by Gasteiger charge is -2.25. The van der Waals surface area contributed by atoms with Gasteiger partial charge in [-0.15, -0.1) is 0 Å². The minimum atomic E-state index is -0.697. The third-order valence-electron chi connectivity index (χ3n) is 5.01. The molecule has 0 saturated carbocycles. The van der Waals surface area contributed by atoms with E-state index < -0.39 is 17.7 Å². The van der Waals surface area contributed by atoms with Crippen LogP contribution in [-0.2, 0) is 14.3 Å². The fourth-order valence-corrected chi connectivity index (χ4v) is 3.66. The van der Waals surface area contributed by atoms with Gasteiger partial charge in [-0.3, -0.25) is 9.59 Å². The number of ketones is 1. The van der Waals surface area contributed by atoms with E-state index in [0.717, 1.165) is 11.1 Å². The number of amides is 1. The lowest BCUT2D eigenvalue weighted by Crippen LogP contribution is -2.31. The van der Waals surface area contributed by atoms with Crippen LogP contribution in [0.4, 0.5) is 0 Å². The summed E-state index contributed by atoms with van der Waals surface area (Å²) < 4.78 is 10.4. The number of carbonyl (C=O) groups excluding carboxylic acids is 2. The van der Waals surface area contributed by atoms with Crippen molar-refractivity contribution < 1.29 is 24.2 Å². The summed E-state index contributed by atoms with van der Waals surface area (Å²) in [5.41, 5.74) is 2.23. The first-order valence-corrected chi connectivity index (χ1v) is 9.47. The number of rotatable bonds is 7. The maximum atomic E-state index is 13.0. The summed E-state index contributed by atoms with van der Waals surface area (Å²) in [6.07, 6.45) is 0.584. The van der Waals surface area contributed by atoms with Crippen molar-refractivity contribution in [1.82, 2.24) is 4.90 Å². The van der Waals surface area contributed by atoms with Crippen molar-refractivity contribution in [2.45, 2.75) is 19.4 Å². The van der Waals surface area contributed by atoms with Gasteiger partial charge in [0.1, 0.15) is 11.5 Å². The maximum Gasteiger partial charge on any atom is 0.295 e. The number of para-hydroxylation sites is 1. The van der Waals surface area contributed by atoms with E-state index in [9.17, 15) is 14.7 Å². The molecule has 0 spiro atoms. The zero-order valence-corrected chi connectivity index (χ0v) is 16.8. The van der Waals surface area contributed by atoms with Gasteiger partial charge < -0.3 is 19.5 Å². The van der Waals surface area contributed by atoms with Gasteiger partial charge in [0.25, 0.3) is 11.7 Å². The third-order valence-corrected chi connectivity index (χ3v) is 5.01. The fourth-order valence-electron chi connectivity index (χ4n) is 3.66. The van der Waals surface area contributed by atoms with Crippen molar-refractivity contribution in [2.24, 2.45) is 0 Å². The molecule has 2 aromatic carbocycles. The standard InChI is InChI=1S/C23H25NO5/c1-15-8-6-9-16(14-15)20-19(21(25)17-10-4-5-11-18(17)29-3)22(26)23(27)24(20)12-7-13-28-2/h4-6,8-11,14,20,25H,7,12-13H2,1-3H3/b21-19-. The van der Waals surface area contributed by atoms with Gasteiger partial charge >= 0.3 is 0 Å². The molecule has 152 valence electrons. The van der Waals surface area contributed by atoms with Crippen LogP contribution in [-0.4, -0.2) is 49.1 Å². The minimum Gasteiger partial charge on any atom is -0.507 e. The molecule has 1 unspecified atom stereocenters. The zero-order valence-electron chi connectivity index (χ0n) is 16.8. The average Bonchev–Trinajstić information content (AvgIpc) is 2.98. The summed E-state index contributed by atoms with van der Waals surface area (Å²) in [7, 11) is 3.08. The first-order chi connectivity index (χ1) is 14.0. The quantitative estimate of drug-likeness (QED) is 0.336. The Balaban J connectivity index is 2.16. The van der Waals surface area contributed by atoms with Crippen LogP contribution < -0.4 is 4.74 Å². The van der Waals surface area contributed by atoms with Crippen molar-refractivity contribution in [3.63, 3.8) is 0 Å². The fraction of sp³-hybridized carbons (Fsp3) is 0.304. The molecule has 1 heterocycles. The molecule has 1 fully saturated rings. The molecule has 0 aromatic heterocycles. The smallest absolute Gasteiger partial charge is 0.295 e. The van der Waals surface area contributed by atoms with Crippen molar-refractivity contribution >= 4 is 17.4 Å². The van der Waals surface area contributed by atoms with E-state index in [-0.39, 0.29) is 11.3 Å². The second-order valence-electron chi connectivity index (χ2n) is 6.95. The van der Waals surface area contributed by atoms with Crippen LogP contribution in [0, 0.1) is 6.92 Å². The first-order valence-electron chi connectivity index (χ1n) is 9.47. The van der Waals surface area contributed by atoms with Crippen LogP contribution in [0.3, 0.4) is 0 Å². The second kappa shape index (κ2) is 8.92. The lowest BCUT2D eigenvalue weighted by atomic mass is 9.94. The third kappa shape index (κ3) is 4.03. The van der Waals surface area contributed by atoms with Crippen molar-refractivity contribution in [1.29, 1.82) is 0 Å². The number of aliphatic hydroxyl groups excluding tert-OH is 1. The topological polar surface area (TPSA) is 76.1 Å². The Hall–Kier alpha value is -3.12. The predicted molar refractivity (Wildman–Crippen MR) is 110 cm³/mol. The molecule has 6 heteroatoms. The zero-order chi connectivity index (χ0) is 21.0. The summed E-state index contributed by atoms with van der Waals surface area (Å²) in [5, 5.41) is 11.1. The van der Waals surface area contributed by atoms with Crippen molar-refractivity contribution in [3.8, 4) is 5.75 Å². The van der Waals surface area contributed by atoms with E-state index in [2.05, 4.69) is 0 Å². The summed E-state index contributed by atoms with van der Waals surface area (Å²) in [5.74, 6) is -1.12. The van der Waals surface area contributed by atoms with Gasteiger partial charge in [-0.2, -0.15) is 0 Å². The van der Waals surface area contributed by atoms with Gasteiger partial charge in [0.05, 0.1) is 24.3 Å². The van der Waals surface area contributed by atoms with Gasteiger partial charge in [-0.05, 0) is 31.0 Å². The van der Waals surface area contributed by atoms with Crippen LogP contribution in [0.1, 0.15) is 29.2 Å². The number of aliphatic hydroxyl groups is 1. The highest BCUT2D eigenvalue weighted by Crippen LogP contribution is 2.41. The van der Waals surface area contributed by atoms with E-state index in [1.807, 2.05) is 31.2 Å². The molecular formula is C23H25NO5. The molecule has 2 aromatic rings. The monoisotopic (exact) mass is 395 g/mol. The van der Waals surface area contributed by atoms with Crippen molar-refractivity contribution in [2.75, 3.05) is 27.4 Å². The van der Waals surface area contributed by atoms with Gasteiger partial charge in [0.15, 0.2) is 0 Å². The SMILES string of the molecule is COCCCN1C(=O)C(=O)/C(=C(\O)c2ccccc2OC)C1c1cccc(C)c1. The van der Waals surface area contributed by atoms with Crippen LogP contribution in [0.15, 0.2) is 54.1 Å². The first kappa shape index (κ1) is 20.6. The second-order valence-corrected chi connectivity index (χ2v) is 6.95. The molecule has 1 aliphatic heterocycles. The van der Waals surface area contributed by atoms with Gasteiger partial charge in [-0.1, -0.05) is 42.0 Å². The number of benzene rings is 2. The Morgan fingerprint density at radius 1 is 1.10 bits per heavy atom. The molecule has 1 saturated heterocycles. The number of carbonyl (C=O) groups is 2. The molecular weight excluding hydrogens is 370 g/mol. The molecule has 1 amide bonds. The van der Waals surface area contributed by atoms with E-state index in [1.54, 1.807) is 31.4 Å². The van der Waals surface area contributed by atoms with Crippen molar-refractivity contribution in [3.05, 3.63) is 70.8 Å². The Morgan fingerprint density at radius 2 is 1.86 bits per heavy atom. The number of hydrogen-bond donors (Lipinski definition) is 1. The predicted octanol–water partition coefficient (Wildman–Crippen LogP) is 3.46. The summed E-state index contributed by atoms with van der Waals surface area (Å²) in [6, 6.07) is 13.8. The molecule has 29 heavy (non-hydrogen) atoms. The normalized spacial score (nSPS) is 18.3. The van der Waals surface area contributed by atoms with E-state index in [0.29, 0.717) is 30.9 Å². The lowest BCUT2D eigenvalue weighted by molar-refractivity contribution is -0.140. The Morgan fingerprint density at radius 3 is 2.55 bits per heavy atom. The largest absolute Gasteiger partial charge is 0.507 e. The van der Waals surface area contributed by atoms with Gasteiger partial charge in [0, 0.05) is 20.3 Å². The molecule has 1 N–H and O–H groups in total. The number of ether oxygens (including phenoxy) is 2. The summed E-state index contributed by atoms with van der Waals surface area (Å²) in [4.78, 5) is 27.3. The highest BCUT2D eigenvalue weighted by molar-refractivity contribution is 6.46. The molecule has 0 bridgehead atoms. The van der Waals surface area contributed by atoms with Gasteiger partial charge in [-0.25, -0.2) is 0 Å².